The van der Waals surface area contributed by atoms with Crippen LogP contribution in [0, 0.1) is 0 Å². The van der Waals surface area contributed by atoms with E-state index < -0.39 is 0 Å². The van der Waals surface area contributed by atoms with Crippen LogP contribution in [0.1, 0.15) is 30.6 Å². The molecule has 1 atom stereocenters. The molecule has 3 rings (SSSR count). The van der Waals surface area contributed by atoms with Crippen molar-refractivity contribution in [2.45, 2.75) is 44.3 Å². The van der Waals surface area contributed by atoms with Crippen LogP contribution in [0.4, 0.5) is 0 Å². The number of likely N-dealkylation sites (tertiary alicyclic amines) is 1. The van der Waals surface area contributed by atoms with Crippen molar-refractivity contribution in [3.05, 3.63) is 21.3 Å². The fourth-order valence-corrected chi connectivity index (χ4v) is 4.41. The van der Waals surface area contributed by atoms with Crippen molar-refractivity contribution in [1.29, 1.82) is 0 Å². The number of hydrogen-bond donors (Lipinski definition) is 2. The van der Waals surface area contributed by atoms with E-state index in [2.05, 4.69) is 15.5 Å². The van der Waals surface area contributed by atoms with Gasteiger partial charge in [0, 0.05) is 10.9 Å². The second-order valence-electron chi connectivity index (χ2n) is 5.80. The Bertz CT molecular complexity index is 487. The first-order valence-corrected chi connectivity index (χ1v) is 8.92. The Hall–Kier alpha value is -0.620. The molecule has 116 valence electrons. The van der Waals surface area contributed by atoms with Crippen molar-refractivity contribution in [1.82, 2.24) is 15.5 Å². The predicted molar refractivity (Wildman–Crippen MR) is 86.8 cm³/mol. The molecule has 3 heterocycles. The van der Waals surface area contributed by atoms with E-state index in [0.717, 1.165) is 54.5 Å². The van der Waals surface area contributed by atoms with Crippen LogP contribution in [0.25, 0.3) is 0 Å². The molecular formula is C15H22ClN3OS. The quantitative estimate of drug-likeness (QED) is 0.891. The number of rotatable bonds is 4. The fraction of sp³-hybridized carbons (Fsp3) is 0.667. The average molecular weight is 328 g/mol. The van der Waals surface area contributed by atoms with E-state index in [1.54, 1.807) is 0 Å². The number of nitrogens with zero attached hydrogens (tertiary/aromatic N) is 1. The highest BCUT2D eigenvalue weighted by Gasteiger charge is 2.35. The Morgan fingerprint density at radius 2 is 2.19 bits per heavy atom. The third-order valence-corrected chi connectivity index (χ3v) is 5.67. The van der Waals surface area contributed by atoms with Crippen molar-refractivity contribution >= 4 is 28.8 Å². The topological polar surface area (TPSA) is 44.4 Å². The summed E-state index contributed by atoms with van der Waals surface area (Å²) in [5, 5.41) is 6.47. The van der Waals surface area contributed by atoms with Crippen LogP contribution in [0.5, 0.6) is 0 Å². The maximum absolute atomic E-state index is 12.5. The summed E-state index contributed by atoms with van der Waals surface area (Å²) >= 11 is 7.45. The normalized spacial score (nSPS) is 24.3. The van der Waals surface area contributed by atoms with E-state index >= 15 is 0 Å². The fourth-order valence-electron chi connectivity index (χ4n) is 3.38. The van der Waals surface area contributed by atoms with Gasteiger partial charge in [0.05, 0.1) is 16.9 Å². The van der Waals surface area contributed by atoms with Gasteiger partial charge in [0.15, 0.2) is 0 Å². The van der Waals surface area contributed by atoms with Crippen molar-refractivity contribution in [3.8, 4) is 0 Å². The molecule has 0 aromatic carbocycles. The molecule has 2 saturated heterocycles. The van der Waals surface area contributed by atoms with Gasteiger partial charge in [-0.25, -0.2) is 0 Å². The van der Waals surface area contributed by atoms with Crippen molar-refractivity contribution in [2.75, 3.05) is 19.6 Å². The minimum Gasteiger partial charge on any atom is -0.350 e. The van der Waals surface area contributed by atoms with Gasteiger partial charge in [-0.1, -0.05) is 11.6 Å². The SMILES string of the molecule is O=C(NCc1ccc(Cl)s1)C1CCCN1C1CCNCC1. The summed E-state index contributed by atoms with van der Waals surface area (Å²) < 4.78 is 0.774. The maximum Gasteiger partial charge on any atom is 0.237 e. The molecule has 2 aliphatic rings. The highest BCUT2D eigenvalue weighted by molar-refractivity contribution is 7.16. The lowest BCUT2D eigenvalue weighted by Gasteiger charge is -2.35. The van der Waals surface area contributed by atoms with Gasteiger partial charge in [-0.15, -0.1) is 11.3 Å². The molecule has 1 aromatic rings. The number of hydrogen-bond acceptors (Lipinski definition) is 4. The number of carbonyl (C=O) groups is 1. The molecule has 0 saturated carbocycles. The second-order valence-corrected chi connectivity index (χ2v) is 7.60. The van der Waals surface area contributed by atoms with E-state index in [-0.39, 0.29) is 11.9 Å². The number of amides is 1. The summed E-state index contributed by atoms with van der Waals surface area (Å²) in [5.41, 5.74) is 0. The zero-order chi connectivity index (χ0) is 14.7. The van der Waals surface area contributed by atoms with Crippen LogP contribution in [0.15, 0.2) is 12.1 Å². The number of piperidine rings is 1. The summed E-state index contributed by atoms with van der Waals surface area (Å²) in [6.45, 7) is 3.80. The van der Waals surface area contributed by atoms with E-state index in [1.807, 2.05) is 12.1 Å². The monoisotopic (exact) mass is 327 g/mol. The lowest BCUT2D eigenvalue weighted by Crippen LogP contribution is -2.50. The smallest absolute Gasteiger partial charge is 0.237 e. The van der Waals surface area contributed by atoms with E-state index in [4.69, 9.17) is 11.6 Å². The Labute approximate surface area is 134 Å². The van der Waals surface area contributed by atoms with E-state index in [9.17, 15) is 4.79 Å². The van der Waals surface area contributed by atoms with E-state index in [1.165, 1.54) is 11.3 Å². The minimum atomic E-state index is 0.0588. The Morgan fingerprint density at radius 1 is 1.38 bits per heavy atom. The first kappa shape index (κ1) is 15.3. The molecule has 0 radical (unpaired) electrons. The highest BCUT2D eigenvalue weighted by Crippen LogP contribution is 2.25. The first-order valence-electron chi connectivity index (χ1n) is 7.72. The molecule has 2 aliphatic heterocycles. The van der Waals surface area contributed by atoms with Gasteiger partial charge in [0.2, 0.25) is 5.91 Å². The molecule has 2 fully saturated rings. The first-order chi connectivity index (χ1) is 10.2. The van der Waals surface area contributed by atoms with Crippen LogP contribution >= 0.6 is 22.9 Å². The maximum atomic E-state index is 12.5. The largest absolute Gasteiger partial charge is 0.350 e. The molecule has 1 amide bonds. The Kier molecular flexibility index (Phi) is 5.16. The van der Waals surface area contributed by atoms with E-state index in [0.29, 0.717) is 12.6 Å². The molecule has 2 N–H and O–H groups in total. The number of nitrogens with one attached hydrogen (secondary N) is 2. The summed E-state index contributed by atoms with van der Waals surface area (Å²) in [6.07, 6.45) is 4.43. The summed E-state index contributed by atoms with van der Waals surface area (Å²) in [4.78, 5) is 16.0. The summed E-state index contributed by atoms with van der Waals surface area (Å²) in [5.74, 6) is 0.176. The van der Waals surface area contributed by atoms with Crippen LogP contribution < -0.4 is 10.6 Å². The zero-order valence-electron chi connectivity index (χ0n) is 12.1. The van der Waals surface area contributed by atoms with Crippen LogP contribution in [-0.2, 0) is 11.3 Å². The number of halogens is 1. The Balaban J connectivity index is 1.55. The summed E-state index contributed by atoms with van der Waals surface area (Å²) in [6, 6.07) is 4.49. The second kappa shape index (κ2) is 7.09. The summed E-state index contributed by atoms with van der Waals surface area (Å²) in [7, 11) is 0. The lowest BCUT2D eigenvalue weighted by atomic mass is 10.0. The van der Waals surface area contributed by atoms with Crippen molar-refractivity contribution < 1.29 is 4.79 Å². The number of carbonyl (C=O) groups excluding carboxylic acids is 1. The highest BCUT2D eigenvalue weighted by atomic mass is 35.5. The minimum absolute atomic E-state index is 0.0588. The van der Waals surface area contributed by atoms with Gasteiger partial charge >= 0.3 is 0 Å². The molecule has 0 aliphatic carbocycles. The molecule has 4 nitrogen and oxygen atoms in total. The van der Waals surface area contributed by atoms with Gasteiger partial charge in [0.1, 0.15) is 0 Å². The molecule has 0 spiro atoms. The molecule has 21 heavy (non-hydrogen) atoms. The standard InChI is InChI=1S/C15H22ClN3OS/c16-14-4-3-12(21-14)10-18-15(20)13-2-1-9-19(13)11-5-7-17-8-6-11/h3-4,11,13,17H,1-2,5-10H2,(H,18,20). The van der Waals surface area contributed by atoms with Crippen molar-refractivity contribution in [3.63, 3.8) is 0 Å². The van der Waals surface area contributed by atoms with Crippen LogP contribution in [0.3, 0.4) is 0 Å². The molecule has 6 heteroatoms. The van der Waals surface area contributed by atoms with Crippen LogP contribution in [-0.4, -0.2) is 42.5 Å². The Morgan fingerprint density at radius 3 is 2.90 bits per heavy atom. The molecule has 0 bridgehead atoms. The van der Waals surface area contributed by atoms with Crippen LogP contribution in [0.2, 0.25) is 4.34 Å². The van der Waals surface area contributed by atoms with Gasteiger partial charge in [-0.05, 0) is 57.5 Å². The predicted octanol–water partition coefficient (Wildman–Crippen LogP) is 2.23. The molecule has 1 aromatic heterocycles. The zero-order valence-corrected chi connectivity index (χ0v) is 13.7. The van der Waals surface area contributed by atoms with Crippen molar-refractivity contribution in [2.24, 2.45) is 0 Å². The van der Waals surface area contributed by atoms with Gasteiger partial charge in [-0.3, -0.25) is 9.69 Å². The van der Waals surface area contributed by atoms with Gasteiger partial charge < -0.3 is 10.6 Å². The average Bonchev–Trinajstić information content (AvgIpc) is 3.14. The lowest BCUT2D eigenvalue weighted by molar-refractivity contribution is -0.126. The van der Waals surface area contributed by atoms with Gasteiger partial charge in [0.25, 0.3) is 0 Å². The van der Waals surface area contributed by atoms with Gasteiger partial charge in [-0.2, -0.15) is 0 Å². The third kappa shape index (κ3) is 3.77. The third-order valence-electron chi connectivity index (χ3n) is 4.44. The molecule has 1 unspecified atom stereocenters. The number of thiophene rings is 1. The molecular weight excluding hydrogens is 306 g/mol.